The van der Waals surface area contributed by atoms with Gasteiger partial charge in [0, 0.05) is 6.42 Å². The first-order chi connectivity index (χ1) is 13.6. The van der Waals surface area contributed by atoms with E-state index in [-0.39, 0.29) is 12.3 Å². The van der Waals surface area contributed by atoms with Gasteiger partial charge in [-0.3, -0.25) is 4.79 Å². The molecular weight excluding hydrogens is 396 g/mol. The van der Waals surface area contributed by atoms with Gasteiger partial charge < -0.3 is 54.7 Å². The van der Waals surface area contributed by atoms with Crippen LogP contribution in [-0.4, -0.2) is 116 Å². The number of aliphatic hydroxyl groups excluding tert-OH is 7. The molecule has 0 aromatic rings. The molecule has 2 rings (SSSR count). The molecule has 0 bridgehead atoms. The number of ether oxygens (including phenoxy) is 4. The molecule has 0 saturated carbocycles. The van der Waals surface area contributed by atoms with Crippen LogP contribution in [0.2, 0.25) is 0 Å². The lowest BCUT2D eigenvalue weighted by Crippen LogP contribution is -2.63. The first kappa shape index (κ1) is 24.3. The summed E-state index contributed by atoms with van der Waals surface area (Å²) in [5, 5.41) is 69.3. The van der Waals surface area contributed by atoms with Gasteiger partial charge in [-0.1, -0.05) is 13.8 Å². The predicted octanol–water partition coefficient (Wildman–Crippen LogP) is -3.80. The molecule has 0 unspecified atom stereocenters. The average molecular weight is 426 g/mol. The largest absolute Gasteiger partial charge is 0.457 e. The van der Waals surface area contributed by atoms with Gasteiger partial charge in [0.25, 0.3) is 0 Å². The summed E-state index contributed by atoms with van der Waals surface area (Å²) in [6.45, 7) is 1.19. The highest BCUT2D eigenvalue weighted by atomic mass is 16.8. The van der Waals surface area contributed by atoms with E-state index in [2.05, 4.69) is 0 Å². The van der Waals surface area contributed by atoms with E-state index >= 15 is 0 Å². The second-order valence-corrected chi connectivity index (χ2v) is 7.62. The Morgan fingerprint density at radius 2 is 1.62 bits per heavy atom. The normalized spacial score (nSPS) is 43.0. The Labute approximate surface area is 167 Å². The predicted molar refractivity (Wildman–Crippen MR) is 92.0 cm³/mol. The van der Waals surface area contributed by atoms with Crippen molar-refractivity contribution < 1.29 is 59.5 Å². The molecule has 0 aromatic heterocycles. The van der Waals surface area contributed by atoms with Gasteiger partial charge in [0.05, 0.1) is 13.2 Å². The molecule has 2 saturated heterocycles. The van der Waals surface area contributed by atoms with Gasteiger partial charge in [-0.15, -0.1) is 0 Å². The molecular formula is C17H30O12. The molecule has 0 radical (unpaired) electrons. The molecule has 0 aliphatic carbocycles. The van der Waals surface area contributed by atoms with Crippen molar-refractivity contribution in [1.82, 2.24) is 0 Å². The number of rotatable bonds is 8. The molecule has 0 amide bonds. The van der Waals surface area contributed by atoms with Gasteiger partial charge in [-0.25, -0.2) is 0 Å². The Balaban J connectivity index is 2.14. The Bertz CT molecular complexity index is 543. The smallest absolute Gasteiger partial charge is 0.306 e. The molecule has 12 heteroatoms. The van der Waals surface area contributed by atoms with Gasteiger partial charge in [-0.2, -0.15) is 0 Å². The highest BCUT2D eigenvalue weighted by Crippen LogP contribution is 2.36. The Kier molecular flexibility index (Phi) is 8.32. The topological polar surface area (TPSA) is 196 Å². The molecule has 2 aliphatic rings. The number of hydrogen-bond acceptors (Lipinski definition) is 12. The quantitative estimate of drug-likeness (QED) is 0.187. The van der Waals surface area contributed by atoms with Gasteiger partial charge in [0.1, 0.15) is 43.2 Å². The summed E-state index contributed by atoms with van der Waals surface area (Å²) in [7, 11) is 0. The third-order valence-electron chi connectivity index (χ3n) is 4.88. The second-order valence-electron chi connectivity index (χ2n) is 7.62. The monoisotopic (exact) mass is 426 g/mol. The summed E-state index contributed by atoms with van der Waals surface area (Å²) in [6, 6.07) is 0. The van der Waals surface area contributed by atoms with E-state index in [1.165, 1.54) is 0 Å². The van der Waals surface area contributed by atoms with Crippen molar-refractivity contribution in [2.24, 2.45) is 5.92 Å². The highest BCUT2D eigenvalue weighted by molar-refractivity contribution is 5.69. The molecule has 170 valence electrons. The van der Waals surface area contributed by atoms with Crippen molar-refractivity contribution in [2.45, 2.75) is 75.1 Å². The maximum Gasteiger partial charge on any atom is 0.306 e. The fourth-order valence-electron chi connectivity index (χ4n) is 3.30. The van der Waals surface area contributed by atoms with Crippen LogP contribution < -0.4 is 0 Å². The van der Waals surface area contributed by atoms with Crippen molar-refractivity contribution in [3.05, 3.63) is 0 Å². The van der Waals surface area contributed by atoms with E-state index < -0.39 is 80.6 Å². The molecule has 0 spiro atoms. The zero-order valence-corrected chi connectivity index (χ0v) is 16.2. The lowest BCUT2D eigenvalue weighted by atomic mass is 9.98. The van der Waals surface area contributed by atoms with Crippen molar-refractivity contribution in [1.29, 1.82) is 0 Å². The lowest BCUT2D eigenvalue weighted by molar-refractivity contribution is -0.383. The molecule has 2 aliphatic heterocycles. The van der Waals surface area contributed by atoms with Crippen LogP contribution in [0.4, 0.5) is 0 Å². The number of carbonyl (C=O) groups is 1. The van der Waals surface area contributed by atoms with Crippen LogP contribution >= 0.6 is 0 Å². The standard InChI is InChI=1S/C17H30O12/c1-7(2)3-10(21)27-14-9(5-19)26-16(13(24)12(14)23)29-17(6-20)15(25)11(22)8(4-18)28-17/h7-9,11-16,18-20,22-25H,3-6H2,1-2H3/t8-,9-,11-,12-,13-,14-,15+,16-,17+/m1/s1. The van der Waals surface area contributed by atoms with Crippen LogP contribution in [0.5, 0.6) is 0 Å². The second kappa shape index (κ2) is 9.92. The van der Waals surface area contributed by atoms with E-state index in [1.807, 2.05) is 0 Å². The first-order valence-electron chi connectivity index (χ1n) is 9.35. The fraction of sp³-hybridized carbons (Fsp3) is 0.941. The summed E-state index contributed by atoms with van der Waals surface area (Å²) >= 11 is 0. The maximum absolute atomic E-state index is 11.9. The van der Waals surface area contributed by atoms with Crippen LogP contribution in [0.1, 0.15) is 20.3 Å². The average Bonchev–Trinajstić information content (AvgIpc) is 2.92. The third kappa shape index (κ3) is 5.05. The summed E-state index contributed by atoms with van der Waals surface area (Å²) in [6.07, 6.45) is -12.6. The van der Waals surface area contributed by atoms with E-state index in [0.29, 0.717) is 0 Å². The Morgan fingerprint density at radius 1 is 1.00 bits per heavy atom. The van der Waals surface area contributed by atoms with Gasteiger partial charge >= 0.3 is 5.97 Å². The van der Waals surface area contributed by atoms with Crippen molar-refractivity contribution in [2.75, 3.05) is 19.8 Å². The van der Waals surface area contributed by atoms with Gasteiger partial charge in [-0.05, 0) is 5.92 Å². The van der Waals surface area contributed by atoms with E-state index in [0.717, 1.165) is 0 Å². The molecule has 2 heterocycles. The minimum Gasteiger partial charge on any atom is -0.457 e. The zero-order valence-electron chi connectivity index (χ0n) is 16.2. The van der Waals surface area contributed by atoms with Crippen LogP contribution in [0, 0.1) is 5.92 Å². The summed E-state index contributed by atoms with van der Waals surface area (Å²) in [4.78, 5) is 11.9. The zero-order chi connectivity index (χ0) is 21.9. The van der Waals surface area contributed by atoms with Gasteiger partial charge in [0.15, 0.2) is 12.4 Å². The Hall–Kier alpha value is -0.930. The van der Waals surface area contributed by atoms with Crippen LogP contribution in [0.15, 0.2) is 0 Å². The van der Waals surface area contributed by atoms with Crippen molar-refractivity contribution in [3.8, 4) is 0 Å². The van der Waals surface area contributed by atoms with E-state index in [4.69, 9.17) is 18.9 Å². The van der Waals surface area contributed by atoms with Crippen LogP contribution in [-0.2, 0) is 23.7 Å². The highest BCUT2D eigenvalue weighted by Gasteiger charge is 2.58. The minimum absolute atomic E-state index is 0.0194. The number of esters is 1. The van der Waals surface area contributed by atoms with Crippen LogP contribution in [0.3, 0.4) is 0 Å². The first-order valence-corrected chi connectivity index (χ1v) is 9.35. The summed E-state index contributed by atoms with van der Waals surface area (Å²) in [5.74, 6) is -2.94. The van der Waals surface area contributed by atoms with Gasteiger partial charge in [0.2, 0.25) is 5.79 Å². The van der Waals surface area contributed by atoms with Crippen LogP contribution in [0.25, 0.3) is 0 Å². The fourth-order valence-corrected chi connectivity index (χ4v) is 3.30. The molecule has 0 aromatic carbocycles. The summed E-state index contributed by atoms with van der Waals surface area (Å²) in [5.41, 5.74) is 0. The molecule has 7 N–H and O–H groups in total. The lowest BCUT2D eigenvalue weighted by Gasteiger charge is -2.44. The molecule has 29 heavy (non-hydrogen) atoms. The summed E-state index contributed by atoms with van der Waals surface area (Å²) < 4.78 is 21.1. The molecule has 2 fully saturated rings. The van der Waals surface area contributed by atoms with Crippen molar-refractivity contribution >= 4 is 5.97 Å². The maximum atomic E-state index is 11.9. The molecule has 9 atom stereocenters. The van der Waals surface area contributed by atoms with E-state index in [9.17, 15) is 40.5 Å². The third-order valence-corrected chi connectivity index (χ3v) is 4.88. The minimum atomic E-state index is -2.26. The number of carbonyl (C=O) groups excluding carboxylic acids is 1. The van der Waals surface area contributed by atoms with E-state index in [1.54, 1.807) is 13.8 Å². The number of aliphatic hydroxyl groups is 7. The number of hydrogen-bond donors (Lipinski definition) is 7. The Morgan fingerprint density at radius 3 is 2.10 bits per heavy atom. The van der Waals surface area contributed by atoms with Crippen molar-refractivity contribution in [3.63, 3.8) is 0 Å². The molecule has 12 nitrogen and oxygen atoms in total. The SMILES string of the molecule is CC(C)CC(=O)O[C@H]1[C@H](O)[C@@H](O)[C@@H](O[C@]2(CO)O[C@H](CO)[C@@H](O)[C@@H]2O)O[C@@H]1CO.